The van der Waals surface area contributed by atoms with Gasteiger partial charge in [-0.1, -0.05) is 42.5 Å². The largest absolute Gasteiger partial charge is 0.496 e. The maximum atomic E-state index is 14.0. The van der Waals surface area contributed by atoms with E-state index in [0.29, 0.717) is 24.3 Å². The van der Waals surface area contributed by atoms with Gasteiger partial charge in [0.1, 0.15) is 11.4 Å². The Bertz CT molecular complexity index is 1560. The van der Waals surface area contributed by atoms with Gasteiger partial charge in [-0.3, -0.25) is 9.59 Å². The van der Waals surface area contributed by atoms with E-state index >= 15 is 0 Å². The molecule has 1 atom stereocenters. The van der Waals surface area contributed by atoms with Crippen molar-refractivity contribution in [3.05, 3.63) is 107 Å². The molecule has 0 radical (unpaired) electrons. The Morgan fingerprint density at radius 1 is 0.975 bits per heavy atom. The number of likely N-dealkylation sites (N-methyl/N-ethyl adjacent to an activating group) is 1. The molecule has 4 aromatic rings. The average Bonchev–Trinajstić information content (AvgIpc) is 3.28. The van der Waals surface area contributed by atoms with Gasteiger partial charge in [0.2, 0.25) is 0 Å². The van der Waals surface area contributed by atoms with Crippen molar-refractivity contribution >= 4 is 17.5 Å². The first-order chi connectivity index (χ1) is 19.3. The van der Waals surface area contributed by atoms with Crippen molar-refractivity contribution in [1.82, 2.24) is 9.47 Å². The number of fused-ring (bicyclic) bond motifs is 2. The highest BCUT2D eigenvalue weighted by molar-refractivity contribution is 6.07. The summed E-state index contributed by atoms with van der Waals surface area (Å²) in [7, 11) is 3.24. The number of benzene rings is 3. The van der Waals surface area contributed by atoms with E-state index in [2.05, 4.69) is 0 Å². The number of hydrogen-bond acceptors (Lipinski definition) is 5. The number of anilines is 1. The molecule has 2 heterocycles. The van der Waals surface area contributed by atoms with Crippen LogP contribution in [0.3, 0.4) is 0 Å². The van der Waals surface area contributed by atoms with Gasteiger partial charge in [0.05, 0.1) is 32.9 Å². The molecule has 2 N–H and O–H groups in total. The van der Waals surface area contributed by atoms with Gasteiger partial charge >= 0.3 is 0 Å². The average molecular weight is 540 g/mol. The molecule has 1 aliphatic heterocycles. The molecule has 0 saturated heterocycles. The zero-order valence-electron chi connectivity index (χ0n) is 22.9. The zero-order chi connectivity index (χ0) is 28.4. The van der Waals surface area contributed by atoms with Gasteiger partial charge in [0, 0.05) is 36.1 Å². The van der Waals surface area contributed by atoms with E-state index in [-0.39, 0.29) is 18.4 Å². The van der Waals surface area contributed by atoms with Gasteiger partial charge in [0.25, 0.3) is 11.8 Å². The summed E-state index contributed by atoms with van der Waals surface area (Å²) in [6.07, 6.45) is -1.01. The lowest BCUT2D eigenvalue weighted by molar-refractivity contribution is 0.0513. The van der Waals surface area contributed by atoms with E-state index in [1.807, 2.05) is 84.3 Å². The van der Waals surface area contributed by atoms with Crippen LogP contribution in [0.15, 0.2) is 78.9 Å². The number of carbonyl (C=O) groups is 2. The number of methoxy groups -OCH3 is 1. The molecule has 8 nitrogen and oxygen atoms in total. The number of carbonyl (C=O) groups excluding carboxylic acids is 2. The van der Waals surface area contributed by atoms with Crippen molar-refractivity contribution in [1.29, 1.82) is 0 Å². The fourth-order valence-corrected chi connectivity index (χ4v) is 5.30. The van der Waals surface area contributed by atoms with Crippen molar-refractivity contribution in [3.63, 3.8) is 0 Å². The predicted octanol–water partition coefficient (Wildman–Crippen LogP) is 4.11. The highest BCUT2D eigenvalue weighted by atomic mass is 16.5. The molecule has 40 heavy (non-hydrogen) atoms. The lowest BCUT2D eigenvalue weighted by Crippen LogP contribution is -2.37. The minimum absolute atomic E-state index is 0.0151. The Balaban J connectivity index is 1.49. The molecule has 8 heteroatoms. The first kappa shape index (κ1) is 27.2. The predicted molar refractivity (Wildman–Crippen MR) is 154 cm³/mol. The number of aryl methyl sites for hydroxylation is 1. The second-order valence-electron chi connectivity index (χ2n) is 10.1. The molecule has 0 fully saturated rings. The monoisotopic (exact) mass is 539 g/mol. The number of rotatable bonds is 7. The van der Waals surface area contributed by atoms with E-state index in [9.17, 15) is 19.8 Å². The van der Waals surface area contributed by atoms with Crippen LogP contribution < -0.4 is 9.64 Å². The summed E-state index contributed by atoms with van der Waals surface area (Å²) in [6, 6.07) is 24.9. The number of aliphatic hydroxyl groups is 2. The lowest BCUT2D eigenvalue weighted by atomic mass is 9.97. The number of aromatic nitrogens is 1. The Morgan fingerprint density at radius 2 is 1.73 bits per heavy atom. The SMILES string of the molecule is COc1ccccc1-c1ccc(C(=O)N2Cc3ccc(C(=O)N(C)C[C@@H](O)CO)n3Cc3ccccc32)cc1C. The minimum Gasteiger partial charge on any atom is -0.496 e. The molecule has 1 aromatic heterocycles. The zero-order valence-corrected chi connectivity index (χ0v) is 22.9. The van der Waals surface area contributed by atoms with Crippen molar-refractivity contribution in [2.24, 2.45) is 0 Å². The van der Waals surface area contributed by atoms with Crippen LogP contribution in [0.4, 0.5) is 5.69 Å². The quantitative estimate of drug-likeness (QED) is 0.369. The second-order valence-corrected chi connectivity index (χ2v) is 10.1. The Hall–Kier alpha value is -4.40. The van der Waals surface area contributed by atoms with Gasteiger partial charge in [-0.25, -0.2) is 0 Å². The van der Waals surface area contributed by atoms with Crippen LogP contribution in [-0.2, 0) is 13.1 Å². The Labute approximate surface area is 233 Å². The standard InChI is InChI=1S/C32H33N3O5/c1-21-16-22(12-14-26(21)27-9-5-7-11-30(27)40-3)31(38)35-18-24-13-15-29(32(39)33(2)19-25(37)20-36)34(24)17-23-8-4-6-10-28(23)35/h4-16,25,36-37H,17-20H2,1-3H3/t25-/m1/s1. The topological polar surface area (TPSA) is 95.2 Å². The van der Waals surface area contributed by atoms with Crippen LogP contribution in [0.2, 0.25) is 0 Å². The fraction of sp³-hybridized carbons (Fsp3) is 0.250. The molecule has 1 aliphatic rings. The van der Waals surface area contributed by atoms with Crippen molar-refractivity contribution in [2.75, 3.05) is 32.2 Å². The molecule has 0 spiro atoms. The number of hydrogen-bond donors (Lipinski definition) is 2. The third-order valence-corrected chi connectivity index (χ3v) is 7.38. The summed E-state index contributed by atoms with van der Waals surface area (Å²) in [5.74, 6) is 0.375. The molecule has 5 rings (SSSR count). The molecule has 0 unspecified atom stereocenters. The second kappa shape index (κ2) is 11.4. The van der Waals surface area contributed by atoms with E-state index in [0.717, 1.165) is 39.4 Å². The van der Waals surface area contributed by atoms with E-state index < -0.39 is 12.7 Å². The highest BCUT2D eigenvalue weighted by Gasteiger charge is 2.28. The van der Waals surface area contributed by atoms with E-state index in [1.165, 1.54) is 4.90 Å². The molecule has 2 amide bonds. The van der Waals surface area contributed by atoms with Crippen LogP contribution in [0.1, 0.15) is 37.7 Å². The molecule has 3 aromatic carbocycles. The number of amides is 2. The summed E-state index contributed by atoms with van der Waals surface area (Å²) >= 11 is 0. The highest BCUT2D eigenvalue weighted by Crippen LogP contribution is 2.34. The van der Waals surface area contributed by atoms with Gasteiger partial charge in [-0.2, -0.15) is 0 Å². The van der Waals surface area contributed by atoms with Gasteiger partial charge in [-0.05, 0) is 60.0 Å². The molecule has 0 aliphatic carbocycles. The first-order valence-electron chi connectivity index (χ1n) is 13.2. The van der Waals surface area contributed by atoms with Crippen molar-refractivity contribution in [2.45, 2.75) is 26.1 Å². The maximum Gasteiger partial charge on any atom is 0.270 e. The Morgan fingerprint density at radius 3 is 2.48 bits per heavy atom. The lowest BCUT2D eigenvalue weighted by Gasteiger charge is -2.23. The summed E-state index contributed by atoms with van der Waals surface area (Å²) in [5.41, 5.74) is 6.49. The summed E-state index contributed by atoms with van der Waals surface area (Å²) < 4.78 is 7.47. The van der Waals surface area contributed by atoms with Crippen molar-refractivity contribution < 1.29 is 24.5 Å². The normalized spacial score (nSPS) is 13.2. The number of aliphatic hydroxyl groups excluding tert-OH is 2. The van der Waals surface area contributed by atoms with Gasteiger partial charge < -0.3 is 29.3 Å². The third-order valence-electron chi connectivity index (χ3n) is 7.38. The first-order valence-corrected chi connectivity index (χ1v) is 13.2. The maximum absolute atomic E-state index is 14.0. The van der Waals surface area contributed by atoms with E-state index in [1.54, 1.807) is 25.1 Å². The van der Waals surface area contributed by atoms with Crippen LogP contribution in [0, 0.1) is 6.92 Å². The molecule has 206 valence electrons. The van der Waals surface area contributed by atoms with Gasteiger partial charge in [0.15, 0.2) is 0 Å². The summed E-state index contributed by atoms with van der Waals surface area (Å²) in [4.78, 5) is 30.4. The summed E-state index contributed by atoms with van der Waals surface area (Å²) in [5, 5.41) is 19.0. The summed E-state index contributed by atoms with van der Waals surface area (Å²) in [6.45, 7) is 2.29. The van der Waals surface area contributed by atoms with Crippen LogP contribution in [-0.4, -0.2) is 64.9 Å². The molecule has 0 bridgehead atoms. The number of ether oxygens (including phenoxy) is 1. The molecular weight excluding hydrogens is 506 g/mol. The fourth-order valence-electron chi connectivity index (χ4n) is 5.30. The smallest absolute Gasteiger partial charge is 0.270 e. The number of nitrogens with zero attached hydrogens (tertiary/aromatic N) is 3. The van der Waals surface area contributed by atoms with Crippen LogP contribution in [0.25, 0.3) is 11.1 Å². The van der Waals surface area contributed by atoms with E-state index in [4.69, 9.17) is 4.74 Å². The minimum atomic E-state index is -1.01. The molecular formula is C32H33N3O5. The van der Waals surface area contributed by atoms with Crippen LogP contribution in [0.5, 0.6) is 5.75 Å². The number of para-hydroxylation sites is 2. The Kier molecular flexibility index (Phi) is 7.73. The molecule has 0 saturated carbocycles. The van der Waals surface area contributed by atoms with Crippen molar-refractivity contribution in [3.8, 4) is 16.9 Å². The van der Waals surface area contributed by atoms with Crippen LogP contribution >= 0.6 is 0 Å². The van der Waals surface area contributed by atoms with Gasteiger partial charge in [-0.15, -0.1) is 0 Å². The third kappa shape index (κ3) is 5.11.